The zero-order valence-electron chi connectivity index (χ0n) is 9.21. The van der Waals surface area contributed by atoms with Crippen LogP contribution in [0.1, 0.15) is 0 Å². The second kappa shape index (κ2) is 4.18. The zero-order valence-corrected chi connectivity index (χ0v) is 10.0. The Morgan fingerprint density at radius 1 is 1.18 bits per heavy atom. The fourth-order valence-electron chi connectivity index (χ4n) is 1.67. The van der Waals surface area contributed by atoms with Gasteiger partial charge in [0.1, 0.15) is 5.65 Å². The number of aromatic nitrogens is 4. The second-order valence-electron chi connectivity index (χ2n) is 3.58. The van der Waals surface area contributed by atoms with Crippen molar-refractivity contribution in [1.82, 2.24) is 19.9 Å². The summed E-state index contributed by atoms with van der Waals surface area (Å²) in [5, 5.41) is 1.87. The molecule has 3 rings (SSSR count). The van der Waals surface area contributed by atoms with Gasteiger partial charge in [-0.2, -0.15) is 0 Å². The Morgan fingerprint density at radius 2 is 2.00 bits per heavy atom. The Bertz CT molecular complexity index is 612. The highest BCUT2D eigenvalue weighted by Gasteiger charge is 2.04. The highest BCUT2D eigenvalue weighted by atomic mass is 32.2. The summed E-state index contributed by atoms with van der Waals surface area (Å²) in [6, 6.07) is 6.01. The lowest BCUT2D eigenvalue weighted by molar-refractivity contribution is 0.971. The average Bonchev–Trinajstić information content (AvgIpc) is 2.82. The van der Waals surface area contributed by atoms with E-state index >= 15 is 0 Å². The molecule has 0 saturated heterocycles. The summed E-state index contributed by atoms with van der Waals surface area (Å²) in [7, 11) is 0. The fraction of sp³-hybridized carbons (Fsp3) is 0.0833. The molecule has 0 aliphatic carbocycles. The molecule has 3 heterocycles. The van der Waals surface area contributed by atoms with Gasteiger partial charge in [-0.1, -0.05) is 11.8 Å². The van der Waals surface area contributed by atoms with Gasteiger partial charge >= 0.3 is 0 Å². The Balaban J connectivity index is 2.07. The van der Waals surface area contributed by atoms with Crippen molar-refractivity contribution in [1.29, 1.82) is 0 Å². The van der Waals surface area contributed by atoms with Crippen LogP contribution >= 0.6 is 11.8 Å². The van der Waals surface area contributed by atoms with E-state index in [0.717, 1.165) is 27.4 Å². The molecule has 0 spiro atoms. The number of rotatable bonds is 2. The maximum atomic E-state index is 4.26. The van der Waals surface area contributed by atoms with E-state index in [1.165, 1.54) is 11.8 Å². The molecule has 0 aliphatic rings. The second-order valence-corrected chi connectivity index (χ2v) is 4.36. The van der Waals surface area contributed by atoms with Gasteiger partial charge in [0.2, 0.25) is 0 Å². The smallest absolute Gasteiger partial charge is 0.187 e. The van der Waals surface area contributed by atoms with Crippen LogP contribution in [0.25, 0.3) is 22.3 Å². The van der Waals surface area contributed by atoms with Gasteiger partial charge < -0.3 is 4.98 Å². The molecule has 0 atom stereocenters. The van der Waals surface area contributed by atoms with E-state index in [1.807, 2.05) is 30.8 Å². The maximum absolute atomic E-state index is 4.26. The topological polar surface area (TPSA) is 54.5 Å². The van der Waals surface area contributed by atoms with Crippen LogP contribution in [0.2, 0.25) is 0 Å². The SMILES string of the molecule is CSc1ncc(-c2cc3cccnc3[nH]2)cn1. The van der Waals surface area contributed by atoms with Crippen molar-refractivity contribution in [2.45, 2.75) is 5.16 Å². The van der Waals surface area contributed by atoms with E-state index in [1.54, 1.807) is 6.20 Å². The number of nitrogens with zero attached hydrogens (tertiary/aromatic N) is 3. The molecule has 0 aliphatic heterocycles. The quantitative estimate of drug-likeness (QED) is 0.554. The Labute approximate surface area is 103 Å². The van der Waals surface area contributed by atoms with Crippen LogP contribution in [0.3, 0.4) is 0 Å². The highest BCUT2D eigenvalue weighted by molar-refractivity contribution is 7.98. The number of hydrogen-bond acceptors (Lipinski definition) is 4. The number of pyridine rings is 1. The number of H-pyrrole nitrogens is 1. The Kier molecular flexibility index (Phi) is 2.53. The first-order chi connectivity index (χ1) is 8.36. The highest BCUT2D eigenvalue weighted by Crippen LogP contribution is 2.22. The molecule has 3 aromatic rings. The van der Waals surface area contributed by atoms with Crippen LogP contribution < -0.4 is 0 Å². The molecule has 0 bridgehead atoms. The van der Waals surface area contributed by atoms with E-state index in [2.05, 4.69) is 26.0 Å². The van der Waals surface area contributed by atoms with Crippen molar-refractivity contribution in [3.63, 3.8) is 0 Å². The van der Waals surface area contributed by atoms with Gasteiger partial charge in [0.05, 0.1) is 5.69 Å². The van der Waals surface area contributed by atoms with Gasteiger partial charge in [-0.15, -0.1) is 0 Å². The molecule has 0 fully saturated rings. The molecule has 3 aromatic heterocycles. The summed E-state index contributed by atoms with van der Waals surface area (Å²) in [6.07, 6.45) is 7.38. The Hall–Kier alpha value is -1.88. The van der Waals surface area contributed by atoms with E-state index in [0.29, 0.717) is 0 Å². The van der Waals surface area contributed by atoms with Crippen molar-refractivity contribution < 1.29 is 0 Å². The summed E-state index contributed by atoms with van der Waals surface area (Å²) in [5.74, 6) is 0. The lowest BCUT2D eigenvalue weighted by atomic mass is 10.2. The van der Waals surface area contributed by atoms with E-state index < -0.39 is 0 Å². The number of nitrogens with one attached hydrogen (secondary N) is 1. The summed E-state index contributed by atoms with van der Waals surface area (Å²) in [4.78, 5) is 16.0. The van der Waals surface area contributed by atoms with Crippen LogP contribution in [-0.4, -0.2) is 26.2 Å². The van der Waals surface area contributed by atoms with Crippen LogP contribution in [0.5, 0.6) is 0 Å². The third kappa shape index (κ3) is 1.89. The molecule has 5 heteroatoms. The van der Waals surface area contributed by atoms with Gasteiger partial charge in [-0.3, -0.25) is 0 Å². The normalized spacial score (nSPS) is 10.9. The van der Waals surface area contributed by atoms with Crippen molar-refractivity contribution in [3.05, 3.63) is 36.8 Å². The van der Waals surface area contributed by atoms with Gasteiger partial charge in [0.25, 0.3) is 0 Å². The summed E-state index contributed by atoms with van der Waals surface area (Å²) >= 11 is 1.53. The fourth-order valence-corrected chi connectivity index (χ4v) is 1.99. The number of hydrogen-bond donors (Lipinski definition) is 1. The third-order valence-electron chi connectivity index (χ3n) is 2.51. The van der Waals surface area contributed by atoms with E-state index in [4.69, 9.17) is 0 Å². The summed E-state index contributed by atoms with van der Waals surface area (Å²) < 4.78 is 0. The third-order valence-corrected chi connectivity index (χ3v) is 3.09. The van der Waals surface area contributed by atoms with Gasteiger partial charge in [0, 0.05) is 29.5 Å². The Morgan fingerprint density at radius 3 is 2.71 bits per heavy atom. The molecule has 0 aromatic carbocycles. The number of thioether (sulfide) groups is 1. The summed E-state index contributed by atoms with van der Waals surface area (Å²) in [6.45, 7) is 0. The molecule has 84 valence electrons. The lowest BCUT2D eigenvalue weighted by Gasteiger charge is -1.97. The largest absolute Gasteiger partial charge is 0.339 e. The van der Waals surface area contributed by atoms with Crippen LogP contribution in [0.4, 0.5) is 0 Å². The molecule has 0 radical (unpaired) electrons. The van der Waals surface area contributed by atoms with Crippen molar-refractivity contribution in [2.24, 2.45) is 0 Å². The molecule has 17 heavy (non-hydrogen) atoms. The average molecular weight is 242 g/mol. The molecular formula is C12H10N4S. The maximum Gasteiger partial charge on any atom is 0.187 e. The lowest BCUT2D eigenvalue weighted by Crippen LogP contribution is -1.86. The molecule has 1 N–H and O–H groups in total. The molecule has 0 amide bonds. The first-order valence-electron chi connectivity index (χ1n) is 5.17. The van der Waals surface area contributed by atoms with Crippen molar-refractivity contribution in [3.8, 4) is 11.3 Å². The van der Waals surface area contributed by atoms with E-state index in [-0.39, 0.29) is 0 Å². The van der Waals surface area contributed by atoms with Crippen LogP contribution in [0.15, 0.2) is 41.9 Å². The number of aromatic amines is 1. The van der Waals surface area contributed by atoms with Crippen LogP contribution in [-0.2, 0) is 0 Å². The molecule has 0 unspecified atom stereocenters. The first-order valence-corrected chi connectivity index (χ1v) is 6.39. The van der Waals surface area contributed by atoms with Gasteiger partial charge in [-0.25, -0.2) is 15.0 Å². The van der Waals surface area contributed by atoms with Crippen molar-refractivity contribution >= 4 is 22.8 Å². The molecule has 4 nitrogen and oxygen atoms in total. The zero-order chi connectivity index (χ0) is 11.7. The first kappa shape index (κ1) is 10.3. The standard InChI is InChI=1S/C12H10N4S/c1-17-12-14-6-9(7-15-12)10-5-8-3-2-4-13-11(8)16-10/h2-7H,1H3,(H,13,16). The number of fused-ring (bicyclic) bond motifs is 1. The predicted molar refractivity (Wildman–Crippen MR) is 68.9 cm³/mol. The van der Waals surface area contributed by atoms with E-state index in [9.17, 15) is 0 Å². The minimum Gasteiger partial charge on any atom is -0.339 e. The monoisotopic (exact) mass is 242 g/mol. The van der Waals surface area contributed by atoms with Gasteiger partial charge in [0.15, 0.2) is 5.16 Å². The van der Waals surface area contributed by atoms with Crippen LogP contribution in [0, 0.1) is 0 Å². The minimum atomic E-state index is 0.781. The predicted octanol–water partition coefficient (Wildman–Crippen LogP) is 2.74. The van der Waals surface area contributed by atoms with Crippen molar-refractivity contribution in [2.75, 3.05) is 6.26 Å². The summed E-state index contributed by atoms with van der Waals surface area (Å²) in [5.41, 5.74) is 2.85. The van der Waals surface area contributed by atoms with Gasteiger partial charge in [-0.05, 0) is 24.5 Å². The minimum absolute atomic E-state index is 0.781. The molecule has 0 saturated carbocycles. The molecular weight excluding hydrogens is 232 g/mol.